The first-order chi connectivity index (χ1) is 19.9. The van der Waals surface area contributed by atoms with Crippen molar-refractivity contribution in [2.24, 2.45) is 0 Å². The van der Waals surface area contributed by atoms with E-state index in [4.69, 9.17) is 13.9 Å². The molecule has 1 aliphatic heterocycles. The van der Waals surface area contributed by atoms with Gasteiger partial charge in [0.05, 0.1) is 18.8 Å². The van der Waals surface area contributed by atoms with Gasteiger partial charge in [-0.25, -0.2) is 4.79 Å². The summed E-state index contributed by atoms with van der Waals surface area (Å²) >= 11 is 0. The van der Waals surface area contributed by atoms with Crippen molar-refractivity contribution in [1.29, 1.82) is 0 Å². The third-order valence-corrected chi connectivity index (χ3v) is 12.9. The van der Waals surface area contributed by atoms with Gasteiger partial charge in [0.1, 0.15) is 11.8 Å². The predicted octanol–water partition coefficient (Wildman–Crippen LogP) is 6.75. The molecule has 1 fully saturated rings. The molecular weight excluding hydrogens is 538 g/mol. The number of amides is 1. The van der Waals surface area contributed by atoms with Crippen molar-refractivity contribution < 1.29 is 18.7 Å². The second-order valence-electron chi connectivity index (χ2n) is 13.0. The van der Waals surface area contributed by atoms with Crippen LogP contribution in [0.15, 0.2) is 91.0 Å². The number of carbonyl (C=O) groups excluding carboxylic acids is 1. The third kappa shape index (κ3) is 6.98. The molecule has 0 saturated carbocycles. The Hall–Kier alpha value is -3.37. The fourth-order valence-corrected chi connectivity index (χ4v) is 10.5. The van der Waals surface area contributed by atoms with Crippen molar-refractivity contribution in [2.75, 3.05) is 13.2 Å². The zero-order valence-corrected chi connectivity index (χ0v) is 27.1. The summed E-state index contributed by atoms with van der Waals surface area (Å²) in [4.78, 5) is 14.8. The molecule has 222 valence electrons. The van der Waals surface area contributed by atoms with E-state index < -0.39 is 19.6 Å². The van der Waals surface area contributed by atoms with E-state index in [0.717, 1.165) is 5.56 Å². The highest BCUT2D eigenvalue weighted by atomic mass is 28.4. The topological polar surface area (TPSA) is 48.0 Å². The Balaban J connectivity index is 1.62. The molecule has 3 aromatic carbocycles. The maximum atomic E-state index is 13.1. The first-order valence-corrected chi connectivity index (χ1v) is 16.7. The van der Waals surface area contributed by atoms with Crippen LogP contribution in [0.2, 0.25) is 5.04 Å². The van der Waals surface area contributed by atoms with Gasteiger partial charge in [0.15, 0.2) is 0 Å². The Morgan fingerprint density at radius 2 is 1.43 bits per heavy atom. The van der Waals surface area contributed by atoms with Gasteiger partial charge in [0.2, 0.25) is 0 Å². The lowest BCUT2D eigenvalue weighted by atomic mass is 10.0. The Morgan fingerprint density at radius 3 is 1.90 bits per heavy atom. The summed E-state index contributed by atoms with van der Waals surface area (Å²) in [6.45, 7) is 15.3. The van der Waals surface area contributed by atoms with E-state index in [1.54, 1.807) is 4.90 Å². The predicted molar refractivity (Wildman–Crippen MR) is 172 cm³/mol. The Bertz CT molecular complexity index is 1320. The van der Waals surface area contributed by atoms with Crippen LogP contribution in [0.1, 0.15) is 66.9 Å². The van der Waals surface area contributed by atoms with Gasteiger partial charge in [-0.1, -0.05) is 111 Å². The molecule has 0 aliphatic carbocycles. The summed E-state index contributed by atoms with van der Waals surface area (Å²) in [5, 5.41) is 2.24. The van der Waals surface area contributed by atoms with Crippen molar-refractivity contribution in [3.05, 3.63) is 96.6 Å². The van der Waals surface area contributed by atoms with Crippen molar-refractivity contribution >= 4 is 24.8 Å². The molecule has 1 amide bonds. The average Bonchev–Trinajstić information content (AvgIpc) is 3.19. The van der Waals surface area contributed by atoms with Gasteiger partial charge in [0.25, 0.3) is 8.32 Å². The molecule has 0 bridgehead atoms. The van der Waals surface area contributed by atoms with E-state index in [0.29, 0.717) is 19.4 Å². The van der Waals surface area contributed by atoms with Gasteiger partial charge in [-0.05, 0) is 68.1 Å². The van der Waals surface area contributed by atoms with Gasteiger partial charge in [0, 0.05) is 5.56 Å². The van der Waals surface area contributed by atoms with Gasteiger partial charge in [-0.2, -0.15) is 0 Å². The highest BCUT2D eigenvalue weighted by molar-refractivity contribution is 6.99. The summed E-state index contributed by atoms with van der Waals surface area (Å²) in [6, 6.07) is 31.2. The van der Waals surface area contributed by atoms with E-state index in [2.05, 4.69) is 81.1 Å². The number of hydrogen-bond donors (Lipinski definition) is 0. The fraction of sp³-hybridized carbons (Fsp3) is 0.417. The molecule has 0 radical (unpaired) electrons. The van der Waals surface area contributed by atoms with E-state index in [9.17, 15) is 4.79 Å². The summed E-state index contributed by atoms with van der Waals surface area (Å²) < 4.78 is 19.0. The molecule has 1 saturated heterocycles. The second-order valence-corrected chi connectivity index (χ2v) is 17.3. The highest BCUT2D eigenvalue weighted by Gasteiger charge is 2.52. The largest absolute Gasteiger partial charge is 0.449 e. The van der Waals surface area contributed by atoms with E-state index >= 15 is 0 Å². The van der Waals surface area contributed by atoms with Crippen LogP contribution in [0.4, 0.5) is 4.79 Å². The molecule has 6 heteroatoms. The minimum absolute atomic E-state index is 0.179. The van der Waals surface area contributed by atoms with Crippen LogP contribution < -0.4 is 10.4 Å². The van der Waals surface area contributed by atoms with Crippen molar-refractivity contribution in [3.8, 4) is 11.8 Å². The Morgan fingerprint density at radius 1 is 0.905 bits per heavy atom. The highest BCUT2D eigenvalue weighted by Crippen LogP contribution is 2.38. The summed E-state index contributed by atoms with van der Waals surface area (Å²) in [5.41, 5.74) is -0.202. The lowest BCUT2D eigenvalue weighted by Crippen LogP contribution is -2.67. The molecule has 1 aliphatic rings. The van der Waals surface area contributed by atoms with Crippen molar-refractivity contribution in [3.63, 3.8) is 0 Å². The van der Waals surface area contributed by atoms with Crippen LogP contribution in [0.3, 0.4) is 0 Å². The molecule has 5 nitrogen and oxygen atoms in total. The molecule has 0 aromatic heterocycles. The normalized spacial score (nSPS) is 16.8. The summed E-state index contributed by atoms with van der Waals surface area (Å²) in [7, 11) is -2.83. The minimum Gasteiger partial charge on any atom is -0.449 e. The van der Waals surface area contributed by atoms with E-state index in [1.807, 2.05) is 70.2 Å². The SMILES string of the molecule is CC1(C)COC(C)(C)N1C(=O)OCCCC(C#Cc1ccccc1)O[Si](c1ccccc1)(c1ccccc1)C(C)(C)C. The lowest BCUT2D eigenvalue weighted by Gasteiger charge is -2.44. The van der Waals surface area contributed by atoms with Crippen LogP contribution in [0.5, 0.6) is 0 Å². The van der Waals surface area contributed by atoms with Crippen LogP contribution in [0.25, 0.3) is 0 Å². The van der Waals surface area contributed by atoms with E-state index in [-0.39, 0.29) is 23.8 Å². The number of hydrogen-bond acceptors (Lipinski definition) is 4. The number of ether oxygens (including phenoxy) is 2. The maximum Gasteiger partial charge on any atom is 0.412 e. The monoisotopic (exact) mass is 583 g/mol. The number of benzene rings is 3. The van der Waals surface area contributed by atoms with Crippen molar-refractivity contribution in [2.45, 2.75) is 83.7 Å². The first-order valence-electron chi connectivity index (χ1n) is 14.8. The average molecular weight is 584 g/mol. The molecule has 4 rings (SSSR count). The quantitative estimate of drug-likeness (QED) is 0.167. The molecule has 0 spiro atoms. The second kappa shape index (κ2) is 12.9. The van der Waals surface area contributed by atoms with E-state index in [1.165, 1.54) is 10.4 Å². The minimum atomic E-state index is -2.83. The van der Waals surface area contributed by atoms with Crippen LogP contribution in [-0.4, -0.2) is 49.9 Å². The van der Waals surface area contributed by atoms with Gasteiger partial charge < -0.3 is 13.9 Å². The zero-order chi connectivity index (χ0) is 30.4. The third-order valence-electron chi connectivity index (χ3n) is 7.83. The number of nitrogens with zero attached hydrogens (tertiary/aromatic N) is 1. The zero-order valence-electron chi connectivity index (χ0n) is 26.1. The van der Waals surface area contributed by atoms with Crippen LogP contribution in [0, 0.1) is 11.8 Å². The number of carbonyl (C=O) groups is 1. The smallest absolute Gasteiger partial charge is 0.412 e. The molecule has 1 atom stereocenters. The Labute approximate surface area is 253 Å². The molecule has 42 heavy (non-hydrogen) atoms. The molecule has 0 N–H and O–H groups in total. The standard InChI is InChI=1S/C36H45NO4Si/c1-34(2,3)42(31-21-13-9-14-22-31,32-23-15-10-16-24-32)41-30(26-25-29-18-11-8-12-19-29)20-17-27-39-33(38)37-35(4,5)28-40-36(37,6)7/h8-16,18-19,21-24,30H,17,20,27-28H2,1-7H3. The fourth-order valence-electron chi connectivity index (χ4n) is 5.92. The maximum absolute atomic E-state index is 13.1. The first kappa shape index (κ1) is 31.6. The number of rotatable bonds is 8. The van der Waals surface area contributed by atoms with Gasteiger partial charge in [-0.15, -0.1) is 0 Å². The van der Waals surface area contributed by atoms with Gasteiger partial charge >= 0.3 is 6.09 Å². The van der Waals surface area contributed by atoms with Gasteiger partial charge in [-0.3, -0.25) is 4.90 Å². The summed E-state index contributed by atoms with van der Waals surface area (Å²) in [5.74, 6) is 6.82. The Kier molecular flexibility index (Phi) is 9.67. The summed E-state index contributed by atoms with van der Waals surface area (Å²) in [6.07, 6.45) is 0.523. The molecule has 1 unspecified atom stereocenters. The molecule has 1 heterocycles. The molecular formula is C36H45NO4Si. The lowest BCUT2D eigenvalue weighted by molar-refractivity contribution is -0.0520. The van der Waals surface area contributed by atoms with Crippen LogP contribution >= 0.6 is 0 Å². The molecule has 3 aromatic rings. The van der Waals surface area contributed by atoms with Crippen molar-refractivity contribution in [1.82, 2.24) is 4.90 Å². The van der Waals surface area contributed by atoms with Crippen LogP contribution in [-0.2, 0) is 13.9 Å².